The highest BCUT2D eigenvalue weighted by Crippen LogP contribution is 2.26. The molecule has 0 fully saturated rings. The van der Waals surface area contributed by atoms with Gasteiger partial charge in [0.1, 0.15) is 6.54 Å². The maximum absolute atomic E-state index is 9.56. The molecular formula is C11H18INO2. The van der Waals surface area contributed by atoms with Crippen LogP contribution < -0.4 is 28.7 Å². The summed E-state index contributed by atoms with van der Waals surface area (Å²) in [6, 6.07) is 5.52. The lowest BCUT2D eigenvalue weighted by Crippen LogP contribution is -3.00. The molecule has 0 amide bonds. The topological polar surface area (TPSA) is 29.5 Å². The predicted octanol–water partition coefficient (Wildman–Crippen LogP) is -1.39. The van der Waals surface area contributed by atoms with Crippen molar-refractivity contribution in [2.24, 2.45) is 0 Å². The first-order chi connectivity index (χ1) is 6.42. The first-order valence-electron chi connectivity index (χ1n) is 4.59. The molecule has 0 atom stereocenters. The molecule has 1 aromatic carbocycles. The summed E-state index contributed by atoms with van der Waals surface area (Å²) in [5.41, 5.74) is 1.11. The Morgan fingerprint density at radius 3 is 2.27 bits per heavy atom. The van der Waals surface area contributed by atoms with E-state index >= 15 is 0 Å². The van der Waals surface area contributed by atoms with Gasteiger partial charge in [0.15, 0.2) is 11.5 Å². The molecule has 1 rings (SSSR count). The average Bonchev–Trinajstić information content (AvgIpc) is 2.01. The van der Waals surface area contributed by atoms with Gasteiger partial charge >= 0.3 is 0 Å². The summed E-state index contributed by atoms with van der Waals surface area (Å²) < 4.78 is 5.81. The summed E-state index contributed by atoms with van der Waals surface area (Å²) in [5.74, 6) is 0.730. The number of nitrogens with zero attached hydrogens (tertiary/aromatic N) is 1. The summed E-state index contributed by atoms with van der Waals surface area (Å²) in [4.78, 5) is 0. The summed E-state index contributed by atoms with van der Waals surface area (Å²) in [7, 11) is 7.89. The number of hydrogen-bond acceptors (Lipinski definition) is 2. The molecule has 0 radical (unpaired) electrons. The van der Waals surface area contributed by atoms with E-state index in [0.29, 0.717) is 5.75 Å². The fourth-order valence-electron chi connectivity index (χ4n) is 1.38. The van der Waals surface area contributed by atoms with E-state index in [0.717, 1.165) is 16.6 Å². The van der Waals surface area contributed by atoms with Crippen LogP contribution in [0.3, 0.4) is 0 Å². The zero-order valence-electron chi connectivity index (χ0n) is 9.62. The van der Waals surface area contributed by atoms with E-state index in [1.54, 1.807) is 19.2 Å². The Bertz CT molecular complexity index is 321. The second-order valence-corrected chi connectivity index (χ2v) is 4.45. The lowest BCUT2D eigenvalue weighted by atomic mass is 10.2. The average molecular weight is 323 g/mol. The molecule has 0 unspecified atom stereocenters. The van der Waals surface area contributed by atoms with Crippen LogP contribution in [0.2, 0.25) is 0 Å². The third-order valence-corrected chi connectivity index (χ3v) is 1.90. The van der Waals surface area contributed by atoms with E-state index in [-0.39, 0.29) is 29.7 Å². The minimum atomic E-state index is 0. The molecule has 0 heterocycles. The predicted molar refractivity (Wildman–Crippen MR) is 56.4 cm³/mol. The van der Waals surface area contributed by atoms with Gasteiger partial charge in [-0.3, -0.25) is 0 Å². The largest absolute Gasteiger partial charge is 1.00 e. The number of ether oxygens (including phenoxy) is 1. The summed E-state index contributed by atoms with van der Waals surface area (Å²) in [6.45, 7) is 0.886. The van der Waals surface area contributed by atoms with Crippen molar-refractivity contribution in [3.05, 3.63) is 23.8 Å². The van der Waals surface area contributed by atoms with Crippen LogP contribution in [0, 0.1) is 0 Å². The van der Waals surface area contributed by atoms with Gasteiger partial charge in [-0.25, -0.2) is 0 Å². The van der Waals surface area contributed by atoms with E-state index in [1.165, 1.54) is 0 Å². The molecule has 1 N–H and O–H groups in total. The number of benzene rings is 1. The van der Waals surface area contributed by atoms with Crippen molar-refractivity contribution in [3.63, 3.8) is 0 Å². The molecule has 0 bridgehead atoms. The molecule has 15 heavy (non-hydrogen) atoms. The van der Waals surface area contributed by atoms with Gasteiger partial charge in [0, 0.05) is 5.56 Å². The van der Waals surface area contributed by atoms with Crippen molar-refractivity contribution in [1.29, 1.82) is 0 Å². The van der Waals surface area contributed by atoms with E-state index < -0.39 is 0 Å². The highest BCUT2D eigenvalue weighted by atomic mass is 127. The molecular weight excluding hydrogens is 305 g/mol. The van der Waals surface area contributed by atoms with Gasteiger partial charge in [-0.1, -0.05) is 0 Å². The molecule has 0 saturated carbocycles. The van der Waals surface area contributed by atoms with E-state index in [4.69, 9.17) is 4.74 Å². The van der Waals surface area contributed by atoms with Gasteiger partial charge < -0.3 is 38.3 Å². The zero-order chi connectivity index (χ0) is 10.8. The van der Waals surface area contributed by atoms with Gasteiger partial charge in [-0.05, 0) is 18.2 Å². The second kappa shape index (κ2) is 5.55. The number of quaternary nitrogens is 1. The molecule has 86 valence electrons. The number of methoxy groups -OCH3 is 1. The molecule has 0 aliphatic heterocycles. The van der Waals surface area contributed by atoms with Gasteiger partial charge in [0.05, 0.1) is 28.3 Å². The van der Waals surface area contributed by atoms with Crippen molar-refractivity contribution < 1.29 is 38.3 Å². The lowest BCUT2D eigenvalue weighted by Gasteiger charge is -2.24. The van der Waals surface area contributed by atoms with Crippen LogP contribution in [0.25, 0.3) is 0 Å². The number of halogens is 1. The third-order valence-electron chi connectivity index (χ3n) is 1.90. The van der Waals surface area contributed by atoms with Crippen molar-refractivity contribution in [3.8, 4) is 11.5 Å². The number of hydrogen-bond donors (Lipinski definition) is 1. The first-order valence-corrected chi connectivity index (χ1v) is 4.59. The maximum Gasteiger partial charge on any atom is 0.160 e. The summed E-state index contributed by atoms with van der Waals surface area (Å²) in [5, 5.41) is 9.56. The Hall–Kier alpha value is -0.490. The van der Waals surface area contributed by atoms with Crippen molar-refractivity contribution in [2.45, 2.75) is 6.54 Å². The molecule has 0 aliphatic carbocycles. The normalized spacial score (nSPS) is 10.7. The monoisotopic (exact) mass is 323 g/mol. The molecule has 1 aromatic rings. The zero-order valence-corrected chi connectivity index (χ0v) is 11.8. The minimum absolute atomic E-state index is 0. The quantitative estimate of drug-likeness (QED) is 0.548. The van der Waals surface area contributed by atoms with Crippen molar-refractivity contribution in [1.82, 2.24) is 0 Å². The van der Waals surface area contributed by atoms with Crippen LogP contribution >= 0.6 is 0 Å². The lowest BCUT2D eigenvalue weighted by molar-refractivity contribution is -0.884. The number of aromatic hydroxyl groups is 1. The SMILES string of the molecule is COc1ccc(C[N+](C)(C)C)cc1O.[I-]. The highest BCUT2D eigenvalue weighted by molar-refractivity contribution is 5.41. The van der Waals surface area contributed by atoms with Crippen LogP contribution in [-0.4, -0.2) is 37.8 Å². The Kier molecular flexibility index (Phi) is 5.37. The fourth-order valence-corrected chi connectivity index (χ4v) is 1.38. The molecule has 3 nitrogen and oxygen atoms in total. The number of phenolic OH excluding ortho intramolecular Hbond substituents is 1. The van der Waals surface area contributed by atoms with Gasteiger partial charge in [0.2, 0.25) is 0 Å². The summed E-state index contributed by atoms with van der Waals surface area (Å²) in [6.07, 6.45) is 0. The second-order valence-electron chi connectivity index (χ2n) is 4.45. The smallest absolute Gasteiger partial charge is 0.160 e. The summed E-state index contributed by atoms with van der Waals surface area (Å²) >= 11 is 0. The van der Waals surface area contributed by atoms with E-state index in [1.807, 2.05) is 6.07 Å². The van der Waals surface area contributed by atoms with Crippen molar-refractivity contribution in [2.75, 3.05) is 28.3 Å². The molecule has 0 aromatic heterocycles. The highest BCUT2D eigenvalue weighted by Gasteiger charge is 2.10. The Morgan fingerprint density at radius 1 is 1.27 bits per heavy atom. The number of phenols is 1. The van der Waals surface area contributed by atoms with E-state index in [9.17, 15) is 5.11 Å². The molecule has 0 saturated heterocycles. The first kappa shape index (κ1) is 14.5. The van der Waals surface area contributed by atoms with Crippen LogP contribution in [-0.2, 0) is 6.54 Å². The Labute approximate surface area is 108 Å². The molecule has 0 aliphatic rings. The van der Waals surface area contributed by atoms with Crippen molar-refractivity contribution >= 4 is 0 Å². The van der Waals surface area contributed by atoms with Crippen LogP contribution in [0.15, 0.2) is 18.2 Å². The van der Waals surface area contributed by atoms with Gasteiger partial charge in [0.25, 0.3) is 0 Å². The molecule has 0 spiro atoms. The fraction of sp³-hybridized carbons (Fsp3) is 0.455. The Morgan fingerprint density at radius 2 is 1.87 bits per heavy atom. The maximum atomic E-state index is 9.56. The number of rotatable bonds is 3. The van der Waals surface area contributed by atoms with E-state index in [2.05, 4.69) is 21.1 Å². The van der Waals surface area contributed by atoms with Crippen LogP contribution in [0.1, 0.15) is 5.56 Å². The standard InChI is InChI=1S/C11H17NO2.HI/c1-12(2,3)8-9-5-6-11(14-4)10(13)7-9;/h5-7H,8H2,1-4H3;1H. The van der Waals surface area contributed by atoms with Crippen LogP contribution in [0.4, 0.5) is 0 Å². The van der Waals surface area contributed by atoms with Crippen LogP contribution in [0.5, 0.6) is 11.5 Å². The third kappa shape index (κ3) is 4.70. The van der Waals surface area contributed by atoms with Gasteiger partial charge in [-0.15, -0.1) is 0 Å². The molecule has 4 heteroatoms. The minimum Gasteiger partial charge on any atom is -1.00 e. The van der Waals surface area contributed by atoms with Gasteiger partial charge in [-0.2, -0.15) is 0 Å². The Balaban J connectivity index is 0.00000196.